The van der Waals surface area contributed by atoms with E-state index in [0.29, 0.717) is 0 Å². The molecule has 0 fully saturated rings. The van der Waals surface area contributed by atoms with E-state index in [9.17, 15) is 0 Å². The van der Waals surface area contributed by atoms with Gasteiger partial charge in [-0.3, -0.25) is 0 Å². The SMILES string of the molecule is CNCc1nnc(-n2cc(I)cn2)s1. The Morgan fingerprint density at radius 1 is 1.57 bits per heavy atom. The molecule has 7 heteroatoms. The number of rotatable bonds is 3. The minimum Gasteiger partial charge on any atom is -0.313 e. The van der Waals surface area contributed by atoms with Crippen LogP contribution in [-0.2, 0) is 6.54 Å². The summed E-state index contributed by atoms with van der Waals surface area (Å²) in [6, 6.07) is 0. The van der Waals surface area contributed by atoms with Crippen molar-refractivity contribution in [2.45, 2.75) is 6.54 Å². The van der Waals surface area contributed by atoms with Gasteiger partial charge in [0, 0.05) is 12.7 Å². The van der Waals surface area contributed by atoms with E-state index < -0.39 is 0 Å². The summed E-state index contributed by atoms with van der Waals surface area (Å²) in [7, 11) is 1.89. The molecule has 0 aromatic carbocycles. The summed E-state index contributed by atoms with van der Waals surface area (Å²) in [5.74, 6) is 0. The van der Waals surface area contributed by atoms with E-state index in [1.807, 2.05) is 13.2 Å². The van der Waals surface area contributed by atoms with Gasteiger partial charge in [-0.25, -0.2) is 4.68 Å². The van der Waals surface area contributed by atoms with Gasteiger partial charge in [-0.05, 0) is 29.6 Å². The molecular weight excluding hydrogens is 313 g/mol. The average Bonchev–Trinajstić information content (AvgIpc) is 2.74. The fraction of sp³-hybridized carbons (Fsp3) is 0.286. The molecule has 74 valence electrons. The van der Waals surface area contributed by atoms with Crippen LogP contribution in [0, 0.1) is 3.57 Å². The number of nitrogens with zero attached hydrogens (tertiary/aromatic N) is 4. The van der Waals surface area contributed by atoms with Gasteiger partial charge in [0.2, 0.25) is 5.13 Å². The second-order valence-electron chi connectivity index (χ2n) is 2.61. The lowest BCUT2D eigenvalue weighted by Gasteiger charge is -1.90. The van der Waals surface area contributed by atoms with Crippen molar-refractivity contribution < 1.29 is 0 Å². The molecule has 0 atom stereocenters. The molecular formula is C7H8IN5S. The van der Waals surface area contributed by atoms with Gasteiger partial charge in [-0.2, -0.15) is 5.10 Å². The Hall–Kier alpha value is -0.540. The van der Waals surface area contributed by atoms with Crippen LogP contribution in [0.15, 0.2) is 12.4 Å². The maximum Gasteiger partial charge on any atom is 0.232 e. The summed E-state index contributed by atoms with van der Waals surface area (Å²) in [6.07, 6.45) is 3.71. The van der Waals surface area contributed by atoms with Crippen molar-refractivity contribution in [3.63, 3.8) is 0 Å². The third-order valence-electron chi connectivity index (χ3n) is 1.53. The normalized spacial score (nSPS) is 10.7. The van der Waals surface area contributed by atoms with Crippen LogP contribution in [0.5, 0.6) is 0 Å². The highest BCUT2D eigenvalue weighted by Gasteiger charge is 2.05. The summed E-state index contributed by atoms with van der Waals surface area (Å²) in [5.41, 5.74) is 0. The molecule has 0 unspecified atom stereocenters. The molecule has 0 amide bonds. The quantitative estimate of drug-likeness (QED) is 0.859. The van der Waals surface area contributed by atoms with Gasteiger partial charge in [0.15, 0.2) is 0 Å². The Kier molecular flexibility index (Phi) is 3.08. The first-order valence-corrected chi connectivity index (χ1v) is 5.86. The number of hydrogen-bond donors (Lipinski definition) is 1. The Morgan fingerprint density at radius 3 is 3.07 bits per heavy atom. The van der Waals surface area contributed by atoms with Crippen molar-refractivity contribution >= 4 is 33.9 Å². The molecule has 14 heavy (non-hydrogen) atoms. The van der Waals surface area contributed by atoms with E-state index in [4.69, 9.17) is 0 Å². The Morgan fingerprint density at radius 2 is 2.43 bits per heavy atom. The van der Waals surface area contributed by atoms with Gasteiger partial charge in [-0.1, -0.05) is 11.3 Å². The fourth-order valence-corrected chi connectivity index (χ4v) is 2.14. The molecule has 2 rings (SSSR count). The van der Waals surface area contributed by atoms with E-state index in [1.165, 1.54) is 11.3 Å². The highest BCUT2D eigenvalue weighted by Crippen LogP contribution is 2.14. The van der Waals surface area contributed by atoms with Gasteiger partial charge >= 0.3 is 0 Å². The standard InChI is InChI=1S/C7H8IN5S/c1-9-3-6-11-12-7(14-6)13-4-5(8)2-10-13/h2,4,9H,3H2,1H3. The fourth-order valence-electron chi connectivity index (χ4n) is 0.965. The summed E-state index contributed by atoms with van der Waals surface area (Å²) in [6.45, 7) is 0.746. The zero-order valence-corrected chi connectivity index (χ0v) is 10.4. The molecule has 0 bridgehead atoms. The van der Waals surface area contributed by atoms with Crippen LogP contribution < -0.4 is 5.32 Å². The predicted molar refractivity (Wildman–Crippen MR) is 62.5 cm³/mol. The van der Waals surface area contributed by atoms with Crippen molar-refractivity contribution in [1.82, 2.24) is 25.3 Å². The summed E-state index contributed by atoms with van der Waals surface area (Å²) >= 11 is 3.75. The zero-order valence-electron chi connectivity index (χ0n) is 7.44. The van der Waals surface area contributed by atoms with Crippen molar-refractivity contribution in [1.29, 1.82) is 0 Å². The molecule has 0 saturated carbocycles. The number of nitrogens with one attached hydrogen (secondary N) is 1. The van der Waals surface area contributed by atoms with Gasteiger partial charge in [0.1, 0.15) is 5.01 Å². The second kappa shape index (κ2) is 4.32. The van der Waals surface area contributed by atoms with E-state index in [0.717, 1.165) is 20.3 Å². The summed E-state index contributed by atoms with van der Waals surface area (Å²) in [5, 5.41) is 17.0. The third kappa shape index (κ3) is 2.10. The first-order valence-electron chi connectivity index (χ1n) is 3.97. The maximum atomic E-state index is 4.16. The van der Waals surface area contributed by atoms with E-state index in [2.05, 4.69) is 43.2 Å². The molecule has 0 aliphatic rings. The molecule has 2 heterocycles. The molecule has 1 N–H and O–H groups in total. The van der Waals surface area contributed by atoms with Crippen LogP contribution in [0.2, 0.25) is 0 Å². The van der Waals surface area contributed by atoms with Crippen LogP contribution in [-0.4, -0.2) is 27.0 Å². The van der Waals surface area contributed by atoms with Crippen molar-refractivity contribution in [3.8, 4) is 5.13 Å². The van der Waals surface area contributed by atoms with Crippen LogP contribution in [0.4, 0.5) is 0 Å². The van der Waals surface area contributed by atoms with E-state index >= 15 is 0 Å². The molecule has 5 nitrogen and oxygen atoms in total. The highest BCUT2D eigenvalue weighted by atomic mass is 127. The highest BCUT2D eigenvalue weighted by molar-refractivity contribution is 14.1. The first kappa shape index (κ1) is 9.99. The summed E-state index contributed by atoms with van der Waals surface area (Å²) in [4.78, 5) is 0. The Bertz CT molecular complexity index is 423. The van der Waals surface area contributed by atoms with Gasteiger partial charge < -0.3 is 5.32 Å². The lowest BCUT2D eigenvalue weighted by Crippen LogP contribution is -2.04. The van der Waals surface area contributed by atoms with Crippen molar-refractivity contribution in [2.24, 2.45) is 0 Å². The molecule has 0 aliphatic heterocycles. The molecule has 0 aliphatic carbocycles. The molecule has 0 saturated heterocycles. The third-order valence-corrected chi connectivity index (χ3v) is 3.00. The summed E-state index contributed by atoms with van der Waals surface area (Å²) < 4.78 is 2.83. The van der Waals surface area contributed by atoms with Crippen molar-refractivity contribution in [2.75, 3.05) is 7.05 Å². The van der Waals surface area contributed by atoms with Crippen LogP contribution in [0.1, 0.15) is 5.01 Å². The molecule has 0 radical (unpaired) electrons. The van der Waals surface area contributed by atoms with E-state index in [1.54, 1.807) is 10.9 Å². The smallest absolute Gasteiger partial charge is 0.232 e. The van der Waals surface area contributed by atoms with Gasteiger partial charge in [0.25, 0.3) is 0 Å². The predicted octanol–water partition coefficient (Wildman–Crippen LogP) is 1.05. The first-order chi connectivity index (χ1) is 6.79. The Labute approximate surface area is 98.7 Å². The lowest BCUT2D eigenvalue weighted by atomic mass is 10.7. The van der Waals surface area contributed by atoms with Crippen LogP contribution in [0.25, 0.3) is 5.13 Å². The number of halogens is 1. The number of aromatic nitrogens is 4. The lowest BCUT2D eigenvalue weighted by molar-refractivity contribution is 0.785. The zero-order chi connectivity index (χ0) is 9.97. The number of hydrogen-bond acceptors (Lipinski definition) is 5. The average molecular weight is 321 g/mol. The Balaban J connectivity index is 2.24. The minimum absolute atomic E-state index is 0.746. The topological polar surface area (TPSA) is 55.6 Å². The second-order valence-corrected chi connectivity index (χ2v) is 4.90. The molecule has 2 aromatic heterocycles. The largest absolute Gasteiger partial charge is 0.313 e. The van der Waals surface area contributed by atoms with Gasteiger partial charge in [-0.15, -0.1) is 10.2 Å². The monoisotopic (exact) mass is 321 g/mol. The molecule has 0 spiro atoms. The van der Waals surface area contributed by atoms with Gasteiger partial charge in [0.05, 0.1) is 9.77 Å². The van der Waals surface area contributed by atoms with E-state index in [-0.39, 0.29) is 0 Å². The minimum atomic E-state index is 0.746. The van der Waals surface area contributed by atoms with Crippen LogP contribution in [0.3, 0.4) is 0 Å². The molecule has 2 aromatic rings. The van der Waals surface area contributed by atoms with Crippen LogP contribution >= 0.6 is 33.9 Å². The maximum absolute atomic E-state index is 4.16. The van der Waals surface area contributed by atoms with Crippen molar-refractivity contribution in [3.05, 3.63) is 21.0 Å².